The van der Waals surface area contributed by atoms with Gasteiger partial charge in [0.05, 0.1) is 0 Å². The molecule has 0 saturated carbocycles. The molecule has 72 valence electrons. The van der Waals surface area contributed by atoms with Crippen molar-refractivity contribution in [3.8, 4) is 0 Å². The average molecular weight is 211 g/mol. The fourth-order valence-electron chi connectivity index (χ4n) is 1.81. The summed E-state index contributed by atoms with van der Waals surface area (Å²) in [7, 11) is 0. The molecule has 0 spiro atoms. The van der Waals surface area contributed by atoms with Gasteiger partial charge < -0.3 is 5.21 Å². The summed E-state index contributed by atoms with van der Waals surface area (Å²) >= 11 is 0. The van der Waals surface area contributed by atoms with E-state index in [1.54, 1.807) is 0 Å². The van der Waals surface area contributed by atoms with Crippen LogP contribution in [0.25, 0.3) is 6.08 Å². The number of hydrazine groups is 1. The Bertz CT molecular complexity index is 456. The minimum atomic E-state index is 0. The number of rotatable bonds is 0. The van der Waals surface area contributed by atoms with E-state index in [4.69, 9.17) is 0 Å². The van der Waals surface area contributed by atoms with Gasteiger partial charge in [-0.25, -0.2) is 10.3 Å². The number of benzene rings is 1. The Labute approximate surface area is 110 Å². The van der Waals surface area contributed by atoms with E-state index in [0.29, 0.717) is 12.5 Å². The number of hydrogen-bond acceptors (Lipinski definition) is 3. The molecule has 2 aliphatic heterocycles. The maximum Gasteiger partial charge on any atom is 0.305 e. The average Bonchev–Trinajstić information content (AvgIpc) is 2.61. The minimum Gasteiger partial charge on any atom is -0.692 e. The summed E-state index contributed by atoms with van der Waals surface area (Å²) in [5, 5.41) is 11.3. The number of hydrazone groups is 1. The van der Waals surface area contributed by atoms with Gasteiger partial charge in [-0.15, -0.1) is 0 Å². The molecule has 0 aromatic heterocycles. The molecule has 0 saturated heterocycles. The third kappa shape index (κ3) is 1.55. The molecule has 0 fully saturated rings. The molecule has 15 heavy (non-hydrogen) atoms. The molecule has 1 N–H and O–H groups in total. The number of anilines is 1. The molecule has 3 rings (SSSR count). The second-order valence-corrected chi connectivity index (χ2v) is 3.29. The molecule has 2 aliphatic rings. The predicted octanol–water partition coefficient (Wildman–Crippen LogP) is 0.256. The predicted molar refractivity (Wildman–Crippen MR) is 61.7 cm³/mol. The van der Waals surface area contributed by atoms with Crippen LogP contribution in [0.3, 0.4) is 0 Å². The summed E-state index contributed by atoms with van der Waals surface area (Å²) in [6.45, 7) is 0.542. The van der Waals surface area contributed by atoms with Crippen molar-refractivity contribution in [2.45, 2.75) is 0 Å². The molecular weight excluding hydrogens is 201 g/mol. The van der Waals surface area contributed by atoms with E-state index < -0.39 is 0 Å². The van der Waals surface area contributed by atoms with Crippen LogP contribution in [0, 0.1) is 5.21 Å². The first-order valence-corrected chi connectivity index (χ1v) is 4.48. The molecular formula is C10H10N3NaO. The third-order valence-electron chi connectivity index (χ3n) is 2.50. The Kier molecular flexibility index (Phi) is 2.73. The maximum absolute atomic E-state index is 11.3. The van der Waals surface area contributed by atoms with Gasteiger partial charge in [-0.2, -0.15) is 4.85 Å². The zero-order valence-corrected chi connectivity index (χ0v) is 7.47. The Morgan fingerprint density at radius 3 is 2.93 bits per heavy atom. The van der Waals surface area contributed by atoms with E-state index >= 15 is 0 Å². The van der Waals surface area contributed by atoms with Crippen molar-refractivity contribution in [2.24, 2.45) is 0 Å². The summed E-state index contributed by atoms with van der Waals surface area (Å²) in [6, 6.07) is 8.02. The zero-order chi connectivity index (χ0) is 9.54. The number of hydrogen-bond donors (Lipinski definition) is 1. The van der Waals surface area contributed by atoms with Gasteiger partial charge in [-0.1, -0.05) is 18.2 Å². The largest absolute Gasteiger partial charge is 0.692 e. The quantitative estimate of drug-likeness (QED) is 0.380. The van der Waals surface area contributed by atoms with Crippen LogP contribution < -0.4 is 10.3 Å². The van der Waals surface area contributed by atoms with Crippen LogP contribution in [0.15, 0.2) is 30.3 Å². The molecule has 0 amide bonds. The number of para-hydroxylation sites is 1. The zero-order valence-electron chi connectivity index (χ0n) is 7.47. The van der Waals surface area contributed by atoms with E-state index in [1.807, 2.05) is 41.3 Å². The molecule has 4 nitrogen and oxygen atoms in total. The molecule has 0 aliphatic carbocycles. The van der Waals surface area contributed by atoms with Gasteiger partial charge in [-0.05, 0) is 12.1 Å². The van der Waals surface area contributed by atoms with Crippen molar-refractivity contribution < 1.29 is 4.85 Å². The first kappa shape index (κ1) is 10.5. The maximum atomic E-state index is 11.3. The molecule has 0 bridgehead atoms. The van der Waals surface area contributed by atoms with Gasteiger partial charge in [0.1, 0.15) is 5.69 Å². The summed E-state index contributed by atoms with van der Waals surface area (Å²) in [6.07, 6.45) is 3.79. The summed E-state index contributed by atoms with van der Waals surface area (Å²) in [5.41, 5.74) is 4.94. The smallest absolute Gasteiger partial charge is 0.305 e. The SMILES string of the molecule is [NaH].[O-][N+]1=C2C=Cc3ccccc3N2CN1. The van der Waals surface area contributed by atoms with Gasteiger partial charge in [0.15, 0.2) is 6.67 Å². The van der Waals surface area contributed by atoms with Gasteiger partial charge >= 0.3 is 35.4 Å². The number of fused-ring (bicyclic) bond motifs is 3. The summed E-state index contributed by atoms with van der Waals surface area (Å²) < 4.78 is 0. The van der Waals surface area contributed by atoms with Crippen LogP contribution in [-0.4, -0.2) is 46.9 Å². The van der Waals surface area contributed by atoms with Gasteiger partial charge in [-0.3, -0.25) is 0 Å². The molecule has 0 atom stereocenters. The Morgan fingerprint density at radius 1 is 1.27 bits per heavy atom. The number of amidine groups is 1. The molecule has 2 heterocycles. The van der Waals surface area contributed by atoms with Gasteiger partial charge in [0.2, 0.25) is 0 Å². The Hall–Kier alpha value is -0.970. The van der Waals surface area contributed by atoms with Crippen LogP contribution in [-0.2, 0) is 0 Å². The molecule has 5 heteroatoms. The van der Waals surface area contributed by atoms with E-state index in [2.05, 4.69) is 5.43 Å². The number of nitrogens with one attached hydrogen (secondary N) is 1. The third-order valence-corrected chi connectivity index (χ3v) is 2.50. The van der Waals surface area contributed by atoms with E-state index in [0.717, 1.165) is 16.1 Å². The fourth-order valence-corrected chi connectivity index (χ4v) is 1.81. The monoisotopic (exact) mass is 211 g/mol. The Balaban J connectivity index is 0.000000853. The fraction of sp³-hybridized carbons (Fsp3) is 0.100. The molecule has 1 aromatic rings. The normalized spacial score (nSPS) is 16.7. The van der Waals surface area contributed by atoms with Gasteiger partial charge in [0, 0.05) is 11.6 Å². The summed E-state index contributed by atoms with van der Waals surface area (Å²) in [5.74, 6) is 0.656. The second kappa shape index (κ2) is 3.89. The first-order valence-electron chi connectivity index (χ1n) is 4.48. The van der Waals surface area contributed by atoms with E-state index in [1.165, 1.54) is 0 Å². The van der Waals surface area contributed by atoms with Crippen molar-refractivity contribution in [3.05, 3.63) is 41.1 Å². The standard InChI is InChI=1S/C10H9N3O.Na.H/c14-13-10-6-5-8-3-1-2-4-9(8)12(10)7-11-13;;/h1-6,11H,7H2;;. The van der Waals surface area contributed by atoms with Crippen molar-refractivity contribution in [2.75, 3.05) is 11.6 Å². The van der Waals surface area contributed by atoms with E-state index in [-0.39, 0.29) is 29.6 Å². The van der Waals surface area contributed by atoms with Crippen LogP contribution in [0.4, 0.5) is 5.69 Å². The van der Waals surface area contributed by atoms with Crippen LogP contribution in [0.2, 0.25) is 0 Å². The van der Waals surface area contributed by atoms with Crippen molar-refractivity contribution >= 4 is 47.2 Å². The van der Waals surface area contributed by atoms with Gasteiger partial charge in [0.25, 0.3) is 0 Å². The van der Waals surface area contributed by atoms with E-state index in [9.17, 15) is 5.21 Å². The van der Waals surface area contributed by atoms with Crippen LogP contribution >= 0.6 is 0 Å². The van der Waals surface area contributed by atoms with Crippen LogP contribution in [0.1, 0.15) is 5.56 Å². The molecule has 0 radical (unpaired) electrons. The van der Waals surface area contributed by atoms with Crippen molar-refractivity contribution in [3.63, 3.8) is 0 Å². The minimum absolute atomic E-state index is 0. The topological polar surface area (TPSA) is 41.3 Å². The number of nitrogens with zero attached hydrogens (tertiary/aromatic N) is 2. The Morgan fingerprint density at radius 2 is 2.07 bits per heavy atom. The van der Waals surface area contributed by atoms with Crippen molar-refractivity contribution in [1.82, 2.24) is 5.43 Å². The first-order chi connectivity index (χ1) is 6.86. The van der Waals surface area contributed by atoms with Crippen molar-refractivity contribution in [1.29, 1.82) is 0 Å². The molecule has 0 unspecified atom stereocenters. The second-order valence-electron chi connectivity index (χ2n) is 3.29. The summed E-state index contributed by atoms with van der Waals surface area (Å²) in [4.78, 5) is 2.76. The molecule has 1 aromatic carbocycles. The van der Waals surface area contributed by atoms with Crippen LogP contribution in [0.5, 0.6) is 0 Å².